The average Bonchev–Trinajstić information content (AvgIpc) is 2.47. The Kier molecular flexibility index (Phi) is 5.61. The monoisotopic (exact) mass is 338 g/mol. The molecule has 1 heterocycles. The number of nitrogens with zero attached hydrogens (tertiary/aromatic N) is 1. The number of halogens is 1. The third kappa shape index (κ3) is 3.61. The second kappa shape index (κ2) is 7.23. The van der Waals surface area contributed by atoms with E-state index < -0.39 is 0 Å². The number of carbonyl (C=O) groups is 1. The van der Waals surface area contributed by atoms with Crippen molar-refractivity contribution in [3.8, 4) is 0 Å². The van der Waals surface area contributed by atoms with Crippen molar-refractivity contribution in [3.63, 3.8) is 0 Å². The van der Waals surface area contributed by atoms with E-state index in [9.17, 15) is 4.79 Å². The minimum atomic E-state index is 0.178. The van der Waals surface area contributed by atoms with Gasteiger partial charge in [0.2, 0.25) is 0 Å². The summed E-state index contributed by atoms with van der Waals surface area (Å²) in [4.78, 5) is 15.0. The smallest absolute Gasteiger partial charge is 0.254 e. The predicted molar refractivity (Wildman–Crippen MR) is 86.1 cm³/mol. The summed E-state index contributed by atoms with van der Waals surface area (Å²) in [6.45, 7) is 7.00. The second-order valence-electron chi connectivity index (χ2n) is 5.44. The van der Waals surface area contributed by atoms with E-state index in [4.69, 9.17) is 0 Å². The van der Waals surface area contributed by atoms with Crippen molar-refractivity contribution in [2.75, 3.05) is 19.6 Å². The molecule has 110 valence electrons. The van der Waals surface area contributed by atoms with E-state index in [2.05, 4.69) is 33.1 Å². The van der Waals surface area contributed by atoms with E-state index in [1.807, 2.05) is 25.1 Å². The molecular weight excluding hydrogens is 316 g/mol. The van der Waals surface area contributed by atoms with Crippen molar-refractivity contribution in [2.24, 2.45) is 0 Å². The number of carbonyl (C=O) groups excluding carboxylic acids is 1. The van der Waals surface area contributed by atoms with E-state index in [0.717, 1.165) is 54.5 Å². The SMILES string of the molecule is CCCN(C(=O)c1cc(Br)ccc1C)C1CCNCC1. The molecule has 0 unspecified atom stereocenters. The van der Waals surface area contributed by atoms with Crippen LogP contribution in [0.3, 0.4) is 0 Å². The van der Waals surface area contributed by atoms with Gasteiger partial charge in [0.05, 0.1) is 0 Å². The van der Waals surface area contributed by atoms with Gasteiger partial charge < -0.3 is 10.2 Å². The van der Waals surface area contributed by atoms with Gasteiger partial charge in [0.15, 0.2) is 0 Å². The lowest BCUT2D eigenvalue weighted by molar-refractivity contribution is 0.0642. The van der Waals surface area contributed by atoms with Crippen LogP contribution in [0.25, 0.3) is 0 Å². The molecule has 0 aliphatic carbocycles. The number of hydrogen-bond acceptors (Lipinski definition) is 2. The zero-order chi connectivity index (χ0) is 14.5. The third-order valence-electron chi connectivity index (χ3n) is 3.90. The molecule has 1 saturated heterocycles. The minimum Gasteiger partial charge on any atom is -0.336 e. The zero-order valence-corrected chi connectivity index (χ0v) is 13.9. The van der Waals surface area contributed by atoms with Crippen LogP contribution in [-0.2, 0) is 0 Å². The van der Waals surface area contributed by atoms with Crippen molar-refractivity contribution in [1.82, 2.24) is 10.2 Å². The number of amides is 1. The van der Waals surface area contributed by atoms with Crippen LogP contribution in [0.5, 0.6) is 0 Å². The lowest BCUT2D eigenvalue weighted by atomic mass is 10.0. The first kappa shape index (κ1) is 15.5. The summed E-state index contributed by atoms with van der Waals surface area (Å²) < 4.78 is 0.966. The Morgan fingerprint density at radius 3 is 2.75 bits per heavy atom. The van der Waals surface area contributed by atoms with Crippen LogP contribution < -0.4 is 5.32 Å². The number of hydrogen-bond donors (Lipinski definition) is 1. The molecule has 1 aromatic rings. The number of piperidine rings is 1. The predicted octanol–water partition coefficient (Wildman–Crippen LogP) is 3.36. The largest absolute Gasteiger partial charge is 0.336 e. The van der Waals surface area contributed by atoms with Gasteiger partial charge in [0, 0.05) is 22.6 Å². The van der Waals surface area contributed by atoms with E-state index in [-0.39, 0.29) is 5.91 Å². The number of benzene rings is 1. The summed E-state index contributed by atoms with van der Waals surface area (Å²) in [6, 6.07) is 6.31. The first-order valence-electron chi connectivity index (χ1n) is 7.41. The molecule has 2 rings (SSSR count). The minimum absolute atomic E-state index is 0.178. The molecule has 1 fully saturated rings. The number of aryl methyl sites for hydroxylation is 1. The fraction of sp³-hybridized carbons (Fsp3) is 0.562. The van der Waals surface area contributed by atoms with Crippen molar-refractivity contribution < 1.29 is 4.79 Å². The highest BCUT2D eigenvalue weighted by molar-refractivity contribution is 9.10. The topological polar surface area (TPSA) is 32.3 Å². The van der Waals surface area contributed by atoms with E-state index >= 15 is 0 Å². The molecule has 0 atom stereocenters. The van der Waals surface area contributed by atoms with Gasteiger partial charge in [-0.3, -0.25) is 4.79 Å². The lowest BCUT2D eigenvalue weighted by Crippen LogP contribution is -2.46. The van der Waals surface area contributed by atoms with Crippen LogP contribution in [0.1, 0.15) is 42.1 Å². The molecule has 0 saturated carbocycles. The highest BCUT2D eigenvalue weighted by Gasteiger charge is 2.26. The Labute approximate surface area is 129 Å². The van der Waals surface area contributed by atoms with E-state index in [1.165, 1.54) is 0 Å². The molecule has 0 aromatic heterocycles. The molecule has 3 nitrogen and oxygen atoms in total. The van der Waals surface area contributed by atoms with Crippen molar-refractivity contribution in [1.29, 1.82) is 0 Å². The molecule has 4 heteroatoms. The molecule has 20 heavy (non-hydrogen) atoms. The highest BCUT2D eigenvalue weighted by Crippen LogP contribution is 2.21. The Balaban J connectivity index is 2.23. The molecule has 1 amide bonds. The summed E-state index contributed by atoms with van der Waals surface area (Å²) in [5, 5.41) is 3.37. The highest BCUT2D eigenvalue weighted by atomic mass is 79.9. The van der Waals surface area contributed by atoms with Gasteiger partial charge in [-0.25, -0.2) is 0 Å². The first-order valence-corrected chi connectivity index (χ1v) is 8.20. The Morgan fingerprint density at radius 1 is 1.40 bits per heavy atom. The van der Waals surface area contributed by atoms with Gasteiger partial charge in [-0.1, -0.05) is 28.9 Å². The summed E-state index contributed by atoms with van der Waals surface area (Å²) in [5.41, 5.74) is 1.87. The Hall–Kier alpha value is -0.870. The molecular formula is C16H23BrN2O. The van der Waals surface area contributed by atoms with E-state index in [1.54, 1.807) is 0 Å². The first-order chi connectivity index (χ1) is 9.63. The molecule has 1 N–H and O–H groups in total. The quantitative estimate of drug-likeness (QED) is 0.912. The fourth-order valence-electron chi connectivity index (χ4n) is 2.79. The zero-order valence-electron chi connectivity index (χ0n) is 12.3. The Morgan fingerprint density at radius 2 is 2.10 bits per heavy atom. The summed E-state index contributed by atoms with van der Waals surface area (Å²) in [7, 11) is 0. The fourth-order valence-corrected chi connectivity index (χ4v) is 3.15. The average molecular weight is 339 g/mol. The standard InChI is InChI=1S/C16H23BrN2O/c1-3-10-19(14-6-8-18-9-7-14)16(20)15-11-13(17)5-4-12(15)2/h4-5,11,14,18H,3,6-10H2,1-2H3. The van der Waals surface area contributed by atoms with Crippen LogP contribution >= 0.6 is 15.9 Å². The van der Waals surface area contributed by atoms with Gasteiger partial charge in [-0.2, -0.15) is 0 Å². The van der Waals surface area contributed by atoms with Crippen molar-refractivity contribution in [3.05, 3.63) is 33.8 Å². The van der Waals surface area contributed by atoms with Crippen molar-refractivity contribution >= 4 is 21.8 Å². The molecule has 0 bridgehead atoms. The van der Waals surface area contributed by atoms with E-state index in [0.29, 0.717) is 6.04 Å². The Bertz CT molecular complexity index is 470. The molecule has 0 spiro atoms. The molecule has 1 aromatic carbocycles. The van der Waals surface area contributed by atoms with Gasteiger partial charge in [0.25, 0.3) is 5.91 Å². The van der Waals surface area contributed by atoms with Crippen LogP contribution in [0, 0.1) is 6.92 Å². The maximum atomic E-state index is 12.9. The van der Waals surface area contributed by atoms with Crippen LogP contribution in [-0.4, -0.2) is 36.5 Å². The molecule has 1 aliphatic heterocycles. The van der Waals surface area contributed by atoms with Crippen LogP contribution in [0.15, 0.2) is 22.7 Å². The third-order valence-corrected chi connectivity index (χ3v) is 4.40. The van der Waals surface area contributed by atoms with Crippen LogP contribution in [0.2, 0.25) is 0 Å². The van der Waals surface area contributed by atoms with Gasteiger partial charge in [-0.15, -0.1) is 0 Å². The van der Waals surface area contributed by atoms with Crippen LogP contribution in [0.4, 0.5) is 0 Å². The summed E-state index contributed by atoms with van der Waals surface area (Å²) >= 11 is 3.47. The van der Waals surface area contributed by atoms with Gasteiger partial charge in [-0.05, 0) is 57.0 Å². The second-order valence-corrected chi connectivity index (χ2v) is 6.35. The normalized spacial score (nSPS) is 16.1. The maximum absolute atomic E-state index is 12.9. The number of rotatable bonds is 4. The summed E-state index contributed by atoms with van der Waals surface area (Å²) in [5.74, 6) is 0.178. The molecule has 1 aliphatic rings. The molecule has 0 radical (unpaired) electrons. The maximum Gasteiger partial charge on any atom is 0.254 e. The lowest BCUT2D eigenvalue weighted by Gasteiger charge is -2.35. The van der Waals surface area contributed by atoms with Gasteiger partial charge in [0.1, 0.15) is 0 Å². The van der Waals surface area contributed by atoms with Gasteiger partial charge >= 0.3 is 0 Å². The number of nitrogens with one attached hydrogen (secondary N) is 1. The summed E-state index contributed by atoms with van der Waals surface area (Å²) in [6.07, 6.45) is 3.11. The van der Waals surface area contributed by atoms with Crippen molar-refractivity contribution in [2.45, 2.75) is 39.2 Å².